The topological polar surface area (TPSA) is 110 Å². The first kappa shape index (κ1) is 24.9. The SMILES string of the molecule is Cc1ccc(S(=O)(=O)Oc2ccc3ccccc3c2/C=C2\C(=O)NC(=O)N(c3ccccc3C)C2=O)cc1. The molecule has 0 unspecified atom stereocenters. The maximum absolute atomic E-state index is 13.5. The highest BCUT2D eigenvalue weighted by Crippen LogP contribution is 2.34. The van der Waals surface area contributed by atoms with Crippen molar-refractivity contribution in [1.82, 2.24) is 5.32 Å². The molecule has 0 saturated carbocycles. The first-order chi connectivity index (χ1) is 18.2. The Morgan fingerprint density at radius 3 is 2.24 bits per heavy atom. The minimum absolute atomic E-state index is 0.0438. The number of carbonyl (C=O) groups is 3. The molecule has 0 spiro atoms. The van der Waals surface area contributed by atoms with E-state index < -0.39 is 28.0 Å². The molecule has 0 aliphatic carbocycles. The quantitative estimate of drug-likeness (QED) is 0.225. The highest BCUT2D eigenvalue weighted by molar-refractivity contribution is 7.87. The van der Waals surface area contributed by atoms with Crippen LogP contribution in [0.2, 0.25) is 0 Å². The maximum Gasteiger partial charge on any atom is 0.339 e. The van der Waals surface area contributed by atoms with Crippen LogP contribution in [0, 0.1) is 13.8 Å². The second-order valence-electron chi connectivity index (χ2n) is 8.79. The zero-order valence-electron chi connectivity index (χ0n) is 20.5. The van der Waals surface area contributed by atoms with E-state index >= 15 is 0 Å². The van der Waals surface area contributed by atoms with Crippen LogP contribution in [0.1, 0.15) is 16.7 Å². The van der Waals surface area contributed by atoms with Crippen LogP contribution in [-0.2, 0) is 19.7 Å². The van der Waals surface area contributed by atoms with Gasteiger partial charge in [0.05, 0.1) is 5.69 Å². The van der Waals surface area contributed by atoms with Gasteiger partial charge in [-0.05, 0) is 60.5 Å². The van der Waals surface area contributed by atoms with E-state index in [0.29, 0.717) is 16.6 Å². The summed E-state index contributed by atoms with van der Waals surface area (Å²) >= 11 is 0. The molecule has 1 N–H and O–H groups in total. The number of urea groups is 1. The van der Waals surface area contributed by atoms with Crippen molar-refractivity contribution < 1.29 is 27.0 Å². The van der Waals surface area contributed by atoms with E-state index in [9.17, 15) is 22.8 Å². The first-order valence-electron chi connectivity index (χ1n) is 11.7. The molecule has 1 heterocycles. The molecule has 0 aromatic heterocycles. The fourth-order valence-corrected chi connectivity index (χ4v) is 5.15. The summed E-state index contributed by atoms with van der Waals surface area (Å²) in [7, 11) is -4.24. The van der Waals surface area contributed by atoms with E-state index in [1.807, 2.05) is 13.0 Å². The van der Waals surface area contributed by atoms with Crippen molar-refractivity contribution in [3.05, 3.63) is 107 Å². The molecule has 1 fully saturated rings. The lowest BCUT2D eigenvalue weighted by molar-refractivity contribution is -0.122. The second-order valence-corrected chi connectivity index (χ2v) is 10.3. The molecule has 0 bridgehead atoms. The van der Waals surface area contributed by atoms with Gasteiger partial charge in [0.2, 0.25) is 0 Å². The summed E-state index contributed by atoms with van der Waals surface area (Å²) in [5, 5.41) is 3.49. The first-order valence-corrected chi connectivity index (χ1v) is 13.1. The fraction of sp³-hybridized carbons (Fsp3) is 0.0690. The summed E-state index contributed by atoms with van der Waals surface area (Å²) in [5.41, 5.74) is 1.72. The molecule has 4 aromatic carbocycles. The van der Waals surface area contributed by atoms with Crippen molar-refractivity contribution >= 4 is 50.5 Å². The number of amides is 4. The molecular formula is C29H22N2O6S. The van der Waals surface area contributed by atoms with Gasteiger partial charge in [0.1, 0.15) is 10.5 Å². The number of anilines is 1. The van der Waals surface area contributed by atoms with Crippen molar-refractivity contribution in [1.29, 1.82) is 0 Å². The predicted molar refractivity (Wildman–Crippen MR) is 143 cm³/mol. The van der Waals surface area contributed by atoms with Crippen LogP contribution < -0.4 is 14.4 Å². The average Bonchev–Trinajstić information content (AvgIpc) is 2.88. The Morgan fingerprint density at radius 2 is 1.50 bits per heavy atom. The van der Waals surface area contributed by atoms with Crippen LogP contribution in [0.15, 0.2) is 95.4 Å². The Balaban J connectivity index is 1.65. The summed E-state index contributed by atoms with van der Waals surface area (Å²) in [5.74, 6) is -1.81. The Labute approximate surface area is 219 Å². The van der Waals surface area contributed by atoms with Crippen LogP contribution in [-0.4, -0.2) is 26.3 Å². The van der Waals surface area contributed by atoms with Gasteiger partial charge in [0, 0.05) is 5.56 Å². The molecule has 0 atom stereocenters. The third-order valence-corrected chi connectivity index (χ3v) is 7.44. The smallest absolute Gasteiger partial charge is 0.339 e. The largest absolute Gasteiger partial charge is 0.378 e. The summed E-state index contributed by atoms with van der Waals surface area (Å²) in [6, 6.07) is 22.3. The number of hydrogen-bond acceptors (Lipinski definition) is 6. The highest BCUT2D eigenvalue weighted by Gasteiger charge is 2.37. The monoisotopic (exact) mass is 526 g/mol. The minimum Gasteiger partial charge on any atom is -0.378 e. The molecule has 8 nitrogen and oxygen atoms in total. The molecule has 4 aromatic rings. The maximum atomic E-state index is 13.5. The van der Waals surface area contributed by atoms with E-state index in [2.05, 4.69) is 5.32 Å². The van der Waals surface area contributed by atoms with Crippen LogP contribution >= 0.6 is 0 Å². The highest BCUT2D eigenvalue weighted by atomic mass is 32.2. The van der Waals surface area contributed by atoms with Gasteiger partial charge in [-0.15, -0.1) is 0 Å². The zero-order valence-corrected chi connectivity index (χ0v) is 21.3. The number of barbiturate groups is 1. The van der Waals surface area contributed by atoms with Crippen molar-refractivity contribution in [3.8, 4) is 5.75 Å². The van der Waals surface area contributed by atoms with Gasteiger partial charge in [-0.2, -0.15) is 8.42 Å². The molecule has 38 heavy (non-hydrogen) atoms. The summed E-state index contributed by atoms with van der Waals surface area (Å²) in [4.78, 5) is 39.9. The normalized spacial score (nSPS) is 15.2. The molecule has 4 amide bonds. The molecule has 1 saturated heterocycles. The number of nitrogens with zero attached hydrogens (tertiary/aromatic N) is 1. The Morgan fingerprint density at radius 1 is 0.816 bits per heavy atom. The van der Waals surface area contributed by atoms with Gasteiger partial charge in [-0.3, -0.25) is 14.9 Å². The standard InChI is InChI=1S/C29H22N2O6S/c1-18-11-14-21(15-12-18)38(35,36)37-26-16-13-20-8-4-5-9-22(20)23(26)17-24-27(32)30-29(34)31(28(24)33)25-10-6-3-7-19(25)2/h3-17H,1-2H3,(H,30,32,34)/b24-17+. The summed E-state index contributed by atoms with van der Waals surface area (Å²) in [6.07, 6.45) is 1.26. The van der Waals surface area contributed by atoms with Crippen LogP contribution in [0.4, 0.5) is 10.5 Å². The van der Waals surface area contributed by atoms with E-state index in [-0.39, 0.29) is 21.8 Å². The molecule has 1 aliphatic heterocycles. The number of hydrogen-bond donors (Lipinski definition) is 1. The second kappa shape index (κ2) is 9.60. The molecular weight excluding hydrogens is 504 g/mol. The van der Waals surface area contributed by atoms with Crippen LogP contribution in [0.3, 0.4) is 0 Å². The third-order valence-electron chi connectivity index (χ3n) is 6.19. The molecule has 190 valence electrons. The molecule has 0 radical (unpaired) electrons. The lowest BCUT2D eigenvalue weighted by atomic mass is 9.99. The van der Waals surface area contributed by atoms with E-state index in [1.54, 1.807) is 67.6 Å². The lowest BCUT2D eigenvalue weighted by Crippen LogP contribution is -2.54. The number of carbonyl (C=O) groups excluding carboxylic acids is 3. The number of imide groups is 2. The van der Waals surface area contributed by atoms with Crippen molar-refractivity contribution in [2.45, 2.75) is 18.7 Å². The van der Waals surface area contributed by atoms with Crippen molar-refractivity contribution in [2.24, 2.45) is 0 Å². The number of rotatable bonds is 5. The molecule has 9 heteroatoms. The predicted octanol–water partition coefficient (Wildman–Crippen LogP) is 4.89. The van der Waals surface area contributed by atoms with Gasteiger partial charge < -0.3 is 4.18 Å². The van der Waals surface area contributed by atoms with Gasteiger partial charge in [0.25, 0.3) is 11.8 Å². The number of aryl methyl sites for hydroxylation is 2. The summed E-state index contributed by atoms with van der Waals surface area (Å²) in [6.45, 7) is 3.57. The van der Waals surface area contributed by atoms with Gasteiger partial charge in [0.15, 0.2) is 5.75 Å². The van der Waals surface area contributed by atoms with E-state index in [4.69, 9.17) is 4.18 Å². The van der Waals surface area contributed by atoms with E-state index in [0.717, 1.165) is 15.8 Å². The Kier molecular flexibility index (Phi) is 6.30. The van der Waals surface area contributed by atoms with E-state index in [1.165, 1.54) is 24.3 Å². The number of para-hydroxylation sites is 1. The van der Waals surface area contributed by atoms with Crippen molar-refractivity contribution in [3.63, 3.8) is 0 Å². The zero-order chi connectivity index (χ0) is 27.0. The fourth-order valence-electron chi connectivity index (χ4n) is 4.20. The van der Waals surface area contributed by atoms with Crippen LogP contribution in [0.5, 0.6) is 5.75 Å². The summed E-state index contributed by atoms with van der Waals surface area (Å²) < 4.78 is 31.7. The number of fused-ring (bicyclic) bond motifs is 1. The van der Waals surface area contributed by atoms with Gasteiger partial charge >= 0.3 is 16.1 Å². The minimum atomic E-state index is -4.24. The average molecular weight is 527 g/mol. The van der Waals surface area contributed by atoms with Crippen molar-refractivity contribution in [2.75, 3.05) is 4.90 Å². The van der Waals surface area contributed by atoms with Crippen LogP contribution in [0.25, 0.3) is 16.8 Å². The van der Waals surface area contributed by atoms with Gasteiger partial charge in [-0.1, -0.05) is 66.2 Å². The number of benzene rings is 4. The lowest BCUT2D eigenvalue weighted by Gasteiger charge is -2.27. The Hall–Kier alpha value is -4.76. The third kappa shape index (κ3) is 4.55. The van der Waals surface area contributed by atoms with Gasteiger partial charge in [-0.25, -0.2) is 9.69 Å². The molecule has 5 rings (SSSR count). The molecule has 1 aliphatic rings. The number of nitrogens with one attached hydrogen (secondary N) is 1. The Bertz CT molecular complexity index is 1760.